The minimum atomic E-state index is -0.317. The zero-order valence-corrected chi connectivity index (χ0v) is 16.3. The SMILES string of the molecule is CC(=O)NC[C@@H]1CCN(C(=O)[C@H]2CCCN(C(=O)Cc3ccc(F)cc3)C2)C1. The van der Waals surface area contributed by atoms with Crippen LogP contribution in [0.1, 0.15) is 31.7 Å². The first kappa shape index (κ1) is 20.3. The van der Waals surface area contributed by atoms with Crippen LogP contribution in [0.15, 0.2) is 24.3 Å². The van der Waals surface area contributed by atoms with Crippen molar-refractivity contribution in [2.24, 2.45) is 11.8 Å². The van der Waals surface area contributed by atoms with Crippen molar-refractivity contribution in [3.8, 4) is 0 Å². The Balaban J connectivity index is 1.51. The van der Waals surface area contributed by atoms with Crippen molar-refractivity contribution >= 4 is 17.7 Å². The number of piperidine rings is 1. The highest BCUT2D eigenvalue weighted by Crippen LogP contribution is 2.24. The van der Waals surface area contributed by atoms with Gasteiger partial charge < -0.3 is 15.1 Å². The van der Waals surface area contributed by atoms with Crippen molar-refractivity contribution in [1.29, 1.82) is 0 Å². The summed E-state index contributed by atoms with van der Waals surface area (Å²) in [5, 5.41) is 2.82. The number of benzene rings is 1. The summed E-state index contributed by atoms with van der Waals surface area (Å²) in [6.45, 7) is 4.59. The number of halogens is 1. The number of rotatable bonds is 5. The van der Waals surface area contributed by atoms with Gasteiger partial charge in [-0.3, -0.25) is 14.4 Å². The molecular weight excluding hydrogens is 361 g/mol. The molecule has 6 nitrogen and oxygen atoms in total. The first-order chi connectivity index (χ1) is 13.4. The van der Waals surface area contributed by atoms with E-state index in [0.717, 1.165) is 24.8 Å². The van der Waals surface area contributed by atoms with Gasteiger partial charge in [-0.25, -0.2) is 4.39 Å². The predicted octanol–water partition coefficient (Wildman–Crippen LogP) is 1.59. The van der Waals surface area contributed by atoms with Crippen molar-refractivity contribution in [2.75, 3.05) is 32.7 Å². The fourth-order valence-corrected chi connectivity index (χ4v) is 4.04. The van der Waals surface area contributed by atoms with E-state index in [1.165, 1.54) is 19.1 Å². The van der Waals surface area contributed by atoms with Crippen LogP contribution in [0.2, 0.25) is 0 Å². The van der Waals surface area contributed by atoms with Crippen molar-refractivity contribution in [2.45, 2.75) is 32.6 Å². The summed E-state index contributed by atoms with van der Waals surface area (Å²) in [4.78, 5) is 40.2. The Bertz CT molecular complexity index is 722. The van der Waals surface area contributed by atoms with E-state index in [9.17, 15) is 18.8 Å². The van der Waals surface area contributed by atoms with E-state index in [4.69, 9.17) is 0 Å². The molecule has 152 valence electrons. The molecule has 0 unspecified atom stereocenters. The van der Waals surface area contributed by atoms with E-state index in [1.54, 1.807) is 17.0 Å². The first-order valence-electron chi connectivity index (χ1n) is 9.98. The van der Waals surface area contributed by atoms with Crippen LogP contribution < -0.4 is 5.32 Å². The van der Waals surface area contributed by atoms with Crippen molar-refractivity contribution in [3.63, 3.8) is 0 Å². The summed E-state index contributed by atoms with van der Waals surface area (Å²) in [7, 11) is 0. The van der Waals surface area contributed by atoms with Gasteiger partial charge in [-0.15, -0.1) is 0 Å². The van der Waals surface area contributed by atoms with E-state index in [0.29, 0.717) is 38.6 Å². The van der Waals surface area contributed by atoms with Crippen LogP contribution in [0.3, 0.4) is 0 Å². The second-order valence-corrected chi connectivity index (χ2v) is 7.86. The maximum absolute atomic E-state index is 13.0. The molecule has 0 aromatic heterocycles. The zero-order valence-electron chi connectivity index (χ0n) is 16.3. The van der Waals surface area contributed by atoms with Crippen LogP contribution in [0.4, 0.5) is 4.39 Å². The quantitative estimate of drug-likeness (QED) is 0.832. The van der Waals surface area contributed by atoms with Gasteiger partial charge in [0.15, 0.2) is 0 Å². The molecule has 2 aliphatic heterocycles. The molecule has 0 spiro atoms. The Hall–Kier alpha value is -2.44. The second-order valence-electron chi connectivity index (χ2n) is 7.86. The standard InChI is InChI=1S/C21H28FN3O3/c1-15(26)23-12-17-8-10-25(13-17)21(28)18-3-2-9-24(14-18)20(27)11-16-4-6-19(22)7-5-16/h4-7,17-18H,2-3,8-14H2,1H3,(H,23,26)/t17-,18-/m0/s1. The van der Waals surface area contributed by atoms with Gasteiger partial charge in [0.2, 0.25) is 17.7 Å². The first-order valence-corrected chi connectivity index (χ1v) is 9.98. The lowest BCUT2D eigenvalue weighted by Gasteiger charge is -2.34. The summed E-state index contributed by atoms with van der Waals surface area (Å²) in [5.74, 6) is -0.133. The summed E-state index contributed by atoms with van der Waals surface area (Å²) in [6, 6.07) is 5.96. The van der Waals surface area contributed by atoms with Crippen LogP contribution in [-0.2, 0) is 20.8 Å². The van der Waals surface area contributed by atoms with Gasteiger partial charge in [-0.1, -0.05) is 12.1 Å². The molecule has 2 heterocycles. The van der Waals surface area contributed by atoms with Crippen molar-refractivity contribution < 1.29 is 18.8 Å². The lowest BCUT2D eigenvalue weighted by molar-refractivity contribution is -0.140. The zero-order chi connectivity index (χ0) is 20.1. The minimum absolute atomic E-state index is 0.0194. The lowest BCUT2D eigenvalue weighted by Crippen LogP contribution is -2.46. The van der Waals surface area contributed by atoms with E-state index >= 15 is 0 Å². The molecule has 3 rings (SSSR count). The third-order valence-electron chi connectivity index (χ3n) is 5.63. The van der Waals surface area contributed by atoms with Crippen LogP contribution >= 0.6 is 0 Å². The maximum atomic E-state index is 13.0. The Kier molecular flexibility index (Phi) is 6.65. The summed E-state index contributed by atoms with van der Waals surface area (Å²) >= 11 is 0. The Morgan fingerprint density at radius 3 is 2.54 bits per heavy atom. The predicted molar refractivity (Wildman–Crippen MR) is 103 cm³/mol. The summed E-state index contributed by atoms with van der Waals surface area (Å²) in [6.07, 6.45) is 2.73. The summed E-state index contributed by atoms with van der Waals surface area (Å²) in [5.41, 5.74) is 0.778. The number of carbonyl (C=O) groups excluding carboxylic acids is 3. The fourth-order valence-electron chi connectivity index (χ4n) is 4.04. The molecule has 2 fully saturated rings. The Labute approximate surface area is 165 Å². The molecule has 2 atom stereocenters. The largest absolute Gasteiger partial charge is 0.356 e. The molecule has 0 saturated carbocycles. The number of nitrogens with one attached hydrogen (secondary N) is 1. The number of nitrogens with zero attached hydrogens (tertiary/aromatic N) is 2. The Morgan fingerprint density at radius 2 is 1.82 bits per heavy atom. The second kappa shape index (κ2) is 9.17. The molecule has 2 saturated heterocycles. The third-order valence-corrected chi connectivity index (χ3v) is 5.63. The molecule has 0 bridgehead atoms. The van der Waals surface area contributed by atoms with Gasteiger partial charge in [0.1, 0.15) is 5.82 Å². The molecular formula is C21H28FN3O3. The van der Waals surface area contributed by atoms with Crippen LogP contribution in [-0.4, -0.2) is 60.2 Å². The van der Waals surface area contributed by atoms with E-state index < -0.39 is 0 Å². The maximum Gasteiger partial charge on any atom is 0.227 e. The smallest absolute Gasteiger partial charge is 0.227 e. The monoisotopic (exact) mass is 389 g/mol. The number of amides is 3. The highest BCUT2D eigenvalue weighted by Gasteiger charge is 2.34. The highest BCUT2D eigenvalue weighted by molar-refractivity contribution is 5.82. The molecule has 28 heavy (non-hydrogen) atoms. The molecule has 0 radical (unpaired) electrons. The van der Waals surface area contributed by atoms with Crippen LogP contribution in [0, 0.1) is 17.7 Å². The van der Waals surface area contributed by atoms with Gasteiger partial charge in [-0.2, -0.15) is 0 Å². The molecule has 2 aliphatic rings. The van der Waals surface area contributed by atoms with E-state index in [2.05, 4.69) is 5.32 Å². The fraction of sp³-hybridized carbons (Fsp3) is 0.571. The van der Waals surface area contributed by atoms with Crippen molar-refractivity contribution in [3.05, 3.63) is 35.6 Å². The topological polar surface area (TPSA) is 69.7 Å². The summed E-state index contributed by atoms with van der Waals surface area (Å²) < 4.78 is 13.0. The van der Waals surface area contributed by atoms with Gasteiger partial charge >= 0.3 is 0 Å². The number of hydrogen-bond donors (Lipinski definition) is 1. The molecule has 3 amide bonds. The van der Waals surface area contributed by atoms with E-state index in [-0.39, 0.29) is 35.9 Å². The average molecular weight is 389 g/mol. The number of carbonyl (C=O) groups is 3. The third kappa shape index (κ3) is 5.30. The van der Waals surface area contributed by atoms with Crippen molar-refractivity contribution in [1.82, 2.24) is 15.1 Å². The minimum Gasteiger partial charge on any atom is -0.356 e. The molecule has 1 aromatic rings. The van der Waals surface area contributed by atoms with Gasteiger partial charge in [0, 0.05) is 39.6 Å². The van der Waals surface area contributed by atoms with Crippen LogP contribution in [0.5, 0.6) is 0 Å². The Morgan fingerprint density at radius 1 is 1.07 bits per heavy atom. The molecule has 0 aliphatic carbocycles. The lowest BCUT2D eigenvalue weighted by atomic mass is 9.96. The van der Waals surface area contributed by atoms with Gasteiger partial charge in [0.05, 0.1) is 12.3 Å². The number of hydrogen-bond acceptors (Lipinski definition) is 3. The average Bonchev–Trinajstić information content (AvgIpc) is 3.16. The normalized spacial score (nSPS) is 22.2. The van der Waals surface area contributed by atoms with Gasteiger partial charge in [-0.05, 0) is 42.9 Å². The molecule has 7 heteroatoms. The molecule has 1 aromatic carbocycles. The highest BCUT2D eigenvalue weighted by atomic mass is 19.1. The van der Waals surface area contributed by atoms with E-state index in [1.807, 2.05) is 4.90 Å². The van der Waals surface area contributed by atoms with Crippen LogP contribution in [0.25, 0.3) is 0 Å². The molecule has 1 N–H and O–H groups in total. The van der Waals surface area contributed by atoms with Gasteiger partial charge in [0.25, 0.3) is 0 Å². The number of likely N-dealkylation sites (tertiary alicyclic amines) is 2.